The first-order chi connectivity index (χ1) is 22.8. The monoisotopic (exact) mass is 675 g/mol. The van der Waals surface area contributed by atoms with Crippen LogP contribution < -0.4 is 5.32 Å². The molecule has 2 aliphatic heterocycles. The van der Waals surface area contributed by atoms with Crippen LogP contribution in [0.15, 0.2) is 35.4 Å². The molecule has 5 fully saturated rings. The van der Waals surface area contributed by atoms with Crippen molar-refractivity contribution in [2.45, 2.75) is 155 Å². The SMILES string of the molecule is C[C@H](C[C@@H](O)[C@@H]1OC1(C)C)C1=C2CC[C@H]3[C@@]4(C)C[C@@H](c5cccc(O)c5)C(=O)[C@@]5(C)CCCC[C@@](C)(O)CN[C@@H](C[C@]3(C)[C@@]2(C)CC1=O)[C@H]45. The van der Waals surface area contributed by atoms with Crippen molar-refractivity contribution in [2.75, 3.05) is 6.54 Å². The third kappa shape index (κ3) is 5.34. The number of epoxide rings is 1. The Morgan fingerprint density at radius 1 is 1.02 bits per heavy atom. The van der Waals surface area contributed by atoms with Crippen LogP contribution in [0.5, 0.6) is 5.75 Å². The van der Waals surface area contributed by atoms with Crippen molar-refractivity contribution in [1.29, 1.82) is 0 Å². The Balaban J connectivity index is 1.32. The zero-order valence-electron chi connectivity index (χ0n) is 31.2. The van der Waals surface area contributed by atoms with Gasteiger partial charge in [0.1, 0.15) is 17.6 Å². The summed E-state index contributed by atoms with van der Waals surface area (Å²) >= 11 is 0. The number of rotatable bonds is 5. The number of allylic oxidation sites excluding steroid dienone is 2. The lowest BCUT2D eigenvalue weighted by Gasteiger charge is -2.71. The first-order valence-electron chi connectivity index (χ1n) is 19.2. The summed E-state index contributed by atoms with van der Waals surface area (Å²) in [5, 5.41) is 37.0. The number of carbonyl (C=O) groups excluding carboxylic acids is 2. The van der Waals surface area contributed by atoms with Crippen LogP contribution >= 0.6 is 0 Å². The number of ether oxygens (including phenoxy) is 1. The van der Waals surface area contributed by atoms with Gasteiger partial charge in [-0.3, -0.25) is 9.59 Å². The summed E-state index contributed by atoms with van der Waals surface area (Å²) in [6.07, 6.45) is 6.80. The highest BCUT2D eigenvalue weighted by Gasteiger charge is 2.72. The molecule has 2 saturated heterocycles. The molecule has 0 bridgehead atoms. The minimum absolute atomic E-state index is 0.00118. The van der Waals surface area contributed by atoms with Gasteiger partial charge in [-0.05, 0) is 118 Å². The van der Waals surface area contributed by atoms with Crippen molar-refractivity contribution >= 4 is 11.6 Å². The van der Waals surface area contributed by atoms with Crippen LogP contribution in [0.2, 0.25) is 0 Å². The Morgan fingerprint density at radius 2 is 1.71 bits per heavy atom. The molecule has 0 radical (unpaired) electrons. The Labute approximate surface area is 293 Å². The maximum atomic E-state index is 14.9. The number of hydrogen-bond donors (Lipinski definition) is 4. The van der Waals surface area contributed by atoms with Crippen molar-refractivity contribution in [3.63, 3.8) is 0 Å². The van der Waals surface area contributed by atoms with E-state index in [1.54, 1.807) is 12.1 Å². The molecule has 7 heteroatoms. The van der Waals surface area contributed by atoms with E-state index in [2.05, 4.69) is 39.9 Å². The summed E-state index contributed by atoms with van der Waals surface area (Å²) in [5.41, 5.74) is 0.607. The van der Waals surface area contributed by atoms with Crippen molar-refractivity contribution in [3.05, 3.63) is 41.0 Å². The topological polar surface area (TPSA) is 119 Å². The molecule has 49 heavy (non-hydrogen) atoms. The largest absolute Gasteiger partial charge is 0.508 e. The number of hydrogen-bond acceptors (Lipinski definition) is 7. The van der Waals surface area contributed by atoms with Crippen LogP contribution in [-0.2, 0) is 14.3 Å². The first-order valence-corrected chi connectivity index (χ1v) is 19.2. The third-order valence-corrected chi connectivity index (χ3v) is 15.5. The highest BCUT2D eigenvalue weighted by atomic mass is 16.6. The molecule has 12 atom stereocenters. The first kappa shape index (κ1) is 35.3. The predicted octanol–water partition coefficient (Wildman–Crippen LogP) is 7.02. The number of aliphatic hydroxyl groups is 2. The molecule has 7 nitrogen and oxygen atoms in total. The number of phenolic OH excluding ortho intramolecular Hbond substituents is 1. The number of benzene rings is 1. The van der Waals surface area contributed by atoms with Gasteiger partial charge in [0.15, 0.2) is 5.78 Å². The van der Waals surface area contributed by atoms with Gasteiger partial charge in [-0.15, -0.1) is 0 Å². The van der Waals surface area contributed by atoms with Crippen LogP contribution in [0.4, 0.5) is 0 Å². The number of carbonyl (C=O) groups is 2. The van der Waals surface area contributed by atoms with Gasteiger partial charge in [0, 0.05) is 35.8 Å². The van der Waals surface area contributed by atoms with Crippen LogP contribution in [0.25, 0.3) is 0 Å². The molecule has 3 saturated carbocycles. The molecule has 0 amide bonds. The number of aliphatic hydroxyl groups excluding tert-OH is 1. The maximum absolute atomic E-state index is 14.9. The lowest BCUT2D eigenvalue weighted by atomic mass is 9.34. The van der Waals surface area contributed by atoms with Gasteiger partial charge in [-0.25, -0.2) is 0 Å². The van der Waals surface area contributed by atoms with Crippen LogP contribution in [-0.4, -0.2) is 62.9 Å². The summed E-state index contributed by atoms with van der Waals surface area (Å²) in [4.78, 5) is 29.2. The van der Waals surface area contributed by atoms with E-state index in [0.717, 1.165) is 49.7 Å². The van der Waals surface area contributed by atoms with E-state index < -0.39 is 17.1 Å². The Hall–Kier alpha value is -2.06. The lowest BCUT2D eigenvalue weighted by molar-refractivity contribution is -0.198. The van der Waals surface area contributed by atoms with Crippen LogP contribution in [0.1, 0.15) is 131 Å². The molecule has 4 aliphatic carbocycles. The van der Waals surface area contributed by atoms with E-state index in [4.69, 9.17) is 4.74 Å². The number of phenols is 1. The number of ketones is 2. The fourth-order valence-corrected chi connectivity index (χ4v) is 13.1. The predicted molar refractivity (Wildman–Crippen MR) is 190 cm³/mol. The second-order valence-corrected chi connectivity index (χ2v) is 19.2. The van der Waals surface area contributed by atoms with Gasteiger partial charge in [0.2, 0.25) is 0 Å². The van der Waals surface area contributed by atoms with Crippen molar-refractivity contribution in [2.24, 2.45) is 39.4 Å². The molecule has 0 aromatic heterocycles. The fraction of sp³-hybridized carbons (Fsp3) is 0.762. The minimum Gasteiger partial charge on any atom is -0.508 e. The van der Waals surface area contributed by atoms with E-state index in [-0.39, 0.29) is 69.2 Å². The molecule has 1 aromatic rings. The normalized spacial score (nSPS) is 46.0. The second-order valence-electron chi connectivity index (χ2n) is 19.2. The molecule has 0 spiro atoms. The molecule has 7 rings (SSSR count). The molecule has 6 aliphatic rings. The average molecular weight is 676 g/mol. The fourth-order valence-electron chi connectivity index (χ4n) is 13.1. The number of fused-ring (bicyclic) bond motifs is 4. The Kier molecular flexibility index (Phi) is 8.27. The zero-order valence-corrected chi connectivity index (χ0v) is 31.2. The van der Waals surface area contributed by atoms with Gasteiger partial charge in [-0.2, -0.15) is 0 Å². The van der Waals surface area contributed by atoms with Crippen molar-refractivity contribution < 1.29 is 29.6 Å². The van der Waals surface area contributed by atoms with Gasteiger partial charge in [0.25, 0.3) is 0 Å². The van der Waals surface area contributed by atoms with Gasteiger partial charge < -0.3 is 25.4 Å². The maximum Gasteiger partial charge on any atom is 0.159 e. The third-order valence-electron chi connectivity index (χ3n) is 15.5. The molecule has 270 valence electrons. The van der Waals surface area contributed by atoms with Gasteiger partial charge in [-0.1, -0.05) is 65.2 Å². The van der Waals surface area contributed by atoms with Crippen molar-refractivity contribution in [3.8, 4) is 5.75 Å². The molecular weight excluding hydrogens is 614 g/mol. The summed E-state index contributed by atoms with van der Waals surface area (Å²) in [7, 11) is 0. The summed E-state index contributed by atoms with van der Waals surface area (Å²) in [5.74, 6) is 0.699. The molecule has 2 heterocycles. The molecule has 1 aromatic carbocycles. The zero-order chi connectivity index (χ0) is 35.5. The average Bonchev–Trinajstić information content (AvgIpc) is 3.56. The van der Waals surface area contributed by atoms with Crippen LogP contribution in [0, 0.1) is 39.4 Å². The van der Waals surface area contributed by atoms with E-state index in [9.17, 15) is 24.9 Å². The highest BCUT2D eigenvalue weighted by molar-refractivity contribution is 6.00. The van der Waals surface area contributed by atoms with Crippen molar-refractivity contribution in [1.82, 2.24) is 5.32 Å². The molecule has 4 N–H and O–H groups in total. The lowest BCUT2D eigenvalue weighted by Crippen LogP contribution is -2.70. The van der Waals surface area contributed by atoms with E-state index >= 15 is 0 Å². The van der Waals surface area contributed by atoms with Gasteiger partial charge >= 0.3 is 0 Å². The van der Waals surface area contributed by atoms with E-state index in [1.807, 2.05) is 32.9 Å². The number of nitrogens with one attached hydrogen (secondary N) is 1. The Morgan fingerprint density at radius 3 is 2.39 bits per heavy atom. The smallest absolute Gasteiger partial charge is 0.159 e. The van der Waals surface area contributed by atoms with E-state index in [0.29, 0.717) is 38.0 Å². The van der Waals surface area contributed by atoms with E-state index in [1.165, 1.54) is 5.57 Å². The highest BCUT2D eigenvalue weighted by Crippen LogP contribution is 2.75. The summed E-state index contributed by atoms with van der Waals surface area (Å²) in [6.45, 7) is 18.0. The molecular formula is C42H61NO6. The Bertz CT molecular complexity index is 1560. The molecule has 0 unspecified atom stereocenters. The number of β-amino-alcohol motifs (C(OH)–C–C–N with tert-alkyl or cyclic N) is 1. The summed E-state index contributed by atoms with van der Waals surface area (Å²) < 4.78 is 5.77. The quantitative estimate of drug-likeness (QED) is 0.248. The minimum atomic E-state index is -0.835. The van der Waals surface area contributed by atoms with Gasteiger partial charge in [0.05, 0.1) is 17.3 Å². The van der Waals surface area contributed by atoms with Crippen LogP contribution in [0.3, 0.4) is 0 Å². The number of Topliss-reactive ketones (excluding diaryl/α,β-unsaturated/α-hetero) is 2. The summed E-state index contributed by atoms with van der Waals surface area (Å²) in [6, 6.07) is 7.34. The second kappa shape index (κ2) is 11.5. The standard InChI is InChI=1S/C42H61NO6/c1-24(18-30(45)36-37(2,3)49-36)33-28-14-15-32-40(6)20-27(25-12-11-13-26(44)19-25)35(47)39(5)17-10-9-16-38(4,48)23-43-29(34(39)40)21-42(32,8)41(28,7)22-31(33)46/h11-13,19,24,27,29-30,32,34,36,43-45,48H,9-10,14-18,20-23H2,1-8H3/t24-,27+,29+,30-,32+,34+,36+,38-,39+,40-,41+,42+/m1/s1. The number of aromatic hydroxyl groups is 1.